The quantitative estimate of drug-likeness (QED) is 0.729. The molecule has 1 aromatic rings. The monoisotopic (exact) mass is 334 g/mol. The van der Waals surface area contributed by atoms with Gasteiger partial charge in [0.05, 0.1) is 9.77 Å². The zero-order chi connectivity index (χ0) is 11.5. The summed E-state index contributed by atoms with van der Waals surface area (Å²) in [5.41, 5.74) is 0. The fourth-order valence-corrected chi connectivity index (χ4v) is 2.17. The van der Waals surface area contributed by atoms with Gasteiger partial charge in [0.2, 0.25) is 5.91 Å². The van der Waals surface area contributed by atoms with E-state index in [-0.39, 0.29) is 5.91 Å². The Bertz CT molecular complexity index is 371. The van der Waals surface area contributed by atoms with Crippen LogP contribution in [0.25, 0.3) is 0 Å². The first-order valence-corrected chi connectivity index (χ1v) is 6.37. The number of piperazine rings is 1. The minimum Gasteiger partial charge on any atom is -0.339 e. The van der Waals surface area contributed by atoms with Crippen LogP contribution < -0.4 is 0 Å². The number of hydrogen-bond donors (Lipinski definition) is 0. The molecule has 1 aromatic heterocycles. The van der Waals surface area contributed by atoms with Gasteiger partial charge in [0, 0.05) is 32.4 Å². The molecule has 0 radical (unpaired) electrons. The Labute approximate surface area is 109 Å². The molecule has 16 heavy (non-hydrogen) atoms. The van der Waals surface area contributed by atoms with Gasteiger partial charge in [0.25, 0.3) is 0 Å². The maximum Gasteiger partial charge on any atom is 0.244 e. The molecule has 1 saturated heterocycles. The third kappa shape index (κ3) is 2.94. The van der Waals surface area contributed by atoms with Crippen LogP contribution in [0.15, 0.2) is 12.4 Å². The van der Waals surface area contributed by atoms with Gasteiger partial charge in [-0.25, -0.2) is 0 Å². The lowest BCUT2D eigenvalue weighted by molar-refractivity contribution is -0.133. The van der Waals surface area contributed by atoms with Gasteiger partial charge in [-0.15, -0.1) is 0 Å². The molecule has 6 heteroatoms. The van der Waals surface area contributed by atoms with Gasteiger partial charge in [0.15, 0.2) is 0 Å². The van der Waals surface area contributed by atoms with E-state index in [9.17, 15) is 4.79 Å². The maximum atomic E-state index is 11.9. The minimum atomic E-state index is 0.160. The van der Waals surface area contributed by atoms with Gasteiger partial charge < -0.3 is 9.80 Å². The highest BCUT2D eigenvalue weighted by Gasteiger charge is 2.19. The normalized spacial score (nSPS) is 17.8. The van der Waals surface area contributed by atoms with Crippen molar-refractivity contribution in [1.29, 1.82) is 0 Å². The summed E-state index contributed by atoms with van der Waals surface area (Å²) in [6.45, 7) is 3.93. The summed E-state index contributed by atoms with van der Waals surface area (Å²) in [5, 5.41) is 4.12. The van der Waals surface area contributed by atoms with Crippen LogP contribution >= 0.6 is 22.6 Å². The first kappa shape index (κ1) is 11.8. The topological polar surface area (TPSA) is 41.4 Å². The lowest BCUT2D eigenvalue weighted by atomic mass is 10.3. The SMILES string of the molecule is CN1CCN(C(=O)Cn2cc(I)cn2)CC1. The summed E-state index contributed by atoms with van der Waals surface area (Å²) in [4.78, 5) is 16.1. The van der Waals surface area contributed by atoms with Crippen molar-refractivity contribution in [3.63, 3.8) is 0 Å². The lowest BCUT2D eigenvalue weighted by Crippen LogP contribution is -2.48. The van der Waals surface area contributed by atoms with Crippen molar-refractivity contribution >= 4 is 28.5 Å². The molecule has 0 N–H and O–H groups in total. The first-order valence-electron chi connectivity index (χ1n) is 5.29. The average molecular weight is 334 g/mol. The summed E-state index contributed by atoms with van der Waals surface area (Å²) in [7, 11) is 2.08. The number of aromatic nitrogens is 2. The molecule has 0 saturated carbocycles. The Kier molecular flexibility index (Phi) is 3.80. The largest absolute Gasteiger partial charge is 0.339 e. The van der Waals surface area contributed by atoms with Crippen molar-refractivity contribution in [3.05, 3.63) is 16.0 Å². The highest BCUT2D eigenvalue weighted by molar-refractivity contribution is 14.1. The Morgan fingerprint density at radius 3 is 2.69 bits per heavy atom. The molecule has 0 bridgehead atoms. The molecule has 0 aromatic carbocycles. The summed E-state index contributed by atoms with van der Waals surface area (Å²) in [6, 6.07) is 0. The molecule has 1 amide bonds. The first-order chi connectivity index (χ1) is 7.65. The van der Waals surface area contributed by atoms with E-state index in [1.54, 1.807) is 10.9 Å². The minimum absolute atomic E-state index is 0.160. The number of carbonyl (C=O) groups is 1. The van der Waals surface area contributed by atoms with Gasteiger partial charge in [-0.2, -0.15) is 5.10 Å². The van der Waals surface area contributed by atoms with E-state index in [4.69, 9.17) is 0 Å². The van der Waals surface area contributed by atoms with Crippen molar-refractivity contribution in [1.82, 2.24) is 19.6 Å². The molecule has 88 valence electrons. The lowest BCUT2D eigenvalue weighted by Gasteiger charge is -2.32. The van der Waals surface area contributed by atoms with E-state index >= 15 is 0 Å². The maximum absolute atomic E-state index is 11.9. The van der Waals surface area contributed by atoms with Crippen LogP contribution in [0, 0.1) is 3.57 Å². The zero-order valence-corrected chi connectivity index (χ0v) is 11.4. The number of carbonyl (C=O) groups excluding carboxylic acids is 1. The highest BCUT2D eigenvalue weighted by atomic mass is 127. The number of rotatable bonds is 2. The average Bonchev–Trinajstić information content (AvgIpc) is 2.65. The van der Waals surface area contributed by atoms with E-state index in [0.29, 0.717) is 6.54 Å². The van der Waals surface area contributed by atoms with Gasteiger partial charge in [0.1, 0.15) is 6.54 Å². The zero-order valence-electron chi connectivity index (χ0n) is 9.27. The van der Waals surface area contributed by atoms with Crippen LogP contribution in [-0.4, -0.2) is 58.7 Å². The summed E-state index contributed by atoms with van der Waals surface area (Å²) in [5.74, 6) is 0.160. The summed E-state index contributed by atoms with van der Waals surface area (Å²) < 4.78 is 2.76. The predicted molar refractivity (Wildman–Crippen MR) is 69.0 cm³/mol. The van der Waals surface area contributed by atoms with Crippen molar-refractivity contribution in [3.8, 4) is 0 Å². The Morgan fingerprint density at radius 1 is 1.44 bits per heavy atom. The van der Waals surface area contributed by atoms with Crippen LogP contribution in [0.2, 0.25) is 0 Å². The van der Waals surface area contributed by atoms with Crippen molar-refractivity contribution in [2.45, 2.75) is 6.54 Å². The van der Waals surface area contributed by atoms with Crippen LogP contribution in [0.5, 0.6) is 0 Å². The van der Waals surface area contributed by atoms with E-state index < -0.39 is 0 Å². The molecule has 0 spiro atoms. The molecule has 0 unspecified atom stereocenters. The second-order valence-corrected chi connectivity index (χ2v) is 5.29. The molecular formula is C10H15IN4O. The second-order valence-electron chi connectivity index (χ2n) is 4.04. The predicted octanol–water partition coefficient (Wildman–Crippen LogP) is 0.262. The Balaban J connectivity index is 1.88. The van der Waals surface area contributed by atoms with Crippen molar-refractivity contribution < 1.29 is 4.79 Å². The van der Waals surface area contributed by atoms with Crippen LogP contribution in [-0.2, 0) is 11.3 Å². The van der Waals surface area contributed by atoms with Gasteiger partial charge in [-0.05, 0) is 29.6 Å². The number of halogens is 1. The number of likely N-dealkylation sites (N-methyl/N-ethyl adjacent to an activating group) is 1. The van der Waals surface area contributed by atoms with E-state index in [1.807, 2.05) is 11.1 Å². The van der Waals surface area contributed by atoms with E-state index in [2.05, 4.69) is 39.6 Å². The van der Waals surface area contributed by atoms with Crippen molar-refractivity contribution in [2.75, 3.05) is 33.2 Å². The number of hydrogen-bond acceptors (Lipinski definition) is 3. The van der Waals surface area contributed by atoms with E-state index in [0.717, 1.165) is 29.7 Å². The van der Waals surface area contributed by atoms with Crippen molar-refractivity contribution in [2.24, 2.45) is 0 Å². The molecular weight excluding hydrogens is 319 g/mol. The van der Waals surface area contributed by atoms with Gasteiger partial charge in [-0.1, -0.05) is 0 Å². The van der Waals surface area contributed by atoms with Crippen LogP contribution in [0.4, 0.5) is 0 Å². The fraction of sp³-hybridized carbons (Fsp3) is 0.600. The number of amides is 1. The molecule has 5 nitrogen and oxygen atoms in total. The fourth-order valence-electron chi connectivity index (χ4n) is 1.72. The summed E-state index contributed by atoms with van der Waals surface area (Å²) in [6.07, 6.45) is 3.65. The Morgan fingerprint density at radius 2 is 2.12 bits per heavy atom. The molecule has 0 atom stereocenters. The van der Waals surface area contributed by atoms with Gasteiger partial charge >= 0.3 is 0 Å². The Hall–Kier alpha value is -0.630. The molecule has 1 aliphatic heterocycles. The third-order valence-electron chi connectivity index (χ3n) is 2.75. The smallest absolute Gasteiger partial charge is 0.244 e. The van der Waals surface area contributed by atoms with E-state index in [1.165, 1.54) is 0 Å². The summed E-state index contributed by atoms with van der Waals surface area (Å²) >= 11 is 2.19. The number of nitrogens with zero attached hydrogens (tertiary/aromatic N) is 4. The molecule has 2 rings (SSSR count). The molecule has 1 aliphatic rings. The van der Waals surface area contributed by atoms with Gasteiger partial charge in [-0.3, -0.25) is 9.48 Å². The second kappa shape index (κ2) is 5.13. The highest BCUT2D eigenvalue weighted by Crippen LogP contribution is 2.04. The molecule has 2 heterocycles. The third-order valence-corrected chi connectivity index (χ3v) is 3.31. The standard InChI is InChI=1S/C10H15IN4O/c1-13-2-4-14(5-3-13)10(16)8-15-7-9(11)6-12-15/h6-7H,2-5,8H2,1H3. The molecule has 0 aliphatic carbocycles. The van der Waals surface area contributed by atoms with Crippen LogP contribution in [0.1, 0.15) is 0 Å². The van der Waals surface area contributed by atoms with Crippen LogP contribution in [0.3, 0.4) is 0 Å². The molecule has 1 fully saturated rings.